The Hall–Kier alpha value is -0.860. The van der Waals surface area contributed by atoms with Crippen LogP contribution in [-0.2, 0) is 35.1 Å². The zero-order valence-corrected chi connectivity index (χ0v) is 23.9. The fourth-order valence-electron chi connectivity index (χ4n) is 3.21. The van der Waals surface area contributed by atoms with Crippen molar-refractivity contribution in [3.05, 3.63) is 33.7 Å². The number of nitrogens with one attached hydrogen (secondary N) is 1. The van der Waals surface area contributed by atoms with Gasteiger partial charge in [0.05, 0.1) is 6.42 Å². The van der Waals surface area contributed by atoms with Gasteiger partial charge in [0.25, 0.3) is 5.91 Å². The first kappa shape index (κ1) is 30.2. The number of nitrogens with zero attached hydrogens (tertiary/aromatic N) is 1. The van der Waals surface area contributed by atoms with Gasteiger partial charge in [0, 0.05) is 29.0 Å². The molecule has 3 heterocycles. The molecule has 33 heavy (non-hydrogen) atoms. The number of carbonyl (C=O) groups excluding carboxylic acids is 3. The predicted octanol–water partition coefficient (Wildman–Crippen LogP) is -4.94. The number of hydrogen-bond acceptors (Lipinski definition) is 8. The maximum atomic E-state index is 12.6. The van der Waals surface area contributed by atoms with Gasteiger partial charge in [-0.25, -0.2) is 4.79 Å². The van der Waals surface area contributed by atoms with E-state index in [-0.39, 0.29) is 117 Å². The fraction of sp³-hybridized carbons (Fsp3) is 0.421. The van der Waals surface area contributed by atoms with Gasteiger partial charge in [0.2, 0.25) is 5.91 Å². The number of carboxylic acid groups (broad SMARTS) is 2. The van der Waals surface area contributed by atoms with E-state index in [9.17, 15) is 29.1 Å². The molecule has 14 heteroatoms. The minimum Gasteiger partial charge on any atom is -1.00 e. The average molecular weight is 517 g/mol. The molecule has 0 aromatic carbocycles. The van der Waals surface area contributed by atoms with Crippen LogP contribution in [0.1, 0.15) is 27.0 Å². The number of β-lactam (4-membered cyclic amide) rings is 1. The minimum absolute atomic E-state index is 0. The van der Waals surface area contributed by atoms with Crippen molar-refractivity contribution in [3.63, 3.8) is 0 Å². The van der Waals surface area contributed by atoms with Crippen LogP contribution in [-0.4, -0.2) is 68.6 Å². The normalized spacial score (nSPS) is 18.8. The summed E-state index contributed by atoms with van der Waals surface area (Å²) in [4.78, 5) is 60.8. The molecule has 170 valence electrons. The number of amides is 2. The minimum atomic E-state index is -1.32. The van der Waals surface area contributed by atoms with E-state index in [2.05, 4.69) is 5.32 Å². The van der Waals surface area contributed by atoms with Gasteiger partial charge in [-0.1, -0.05) is 6.07 Å². The standard InChI is InChI=1S/C19H20N2O8S2.2Na.2H/c22-12(7-11-3-2-6-30-11)20-15-17(26)21-16(19(27)28)10(9-31-18(15)21)8-29-14(25)5-1-4-13(23)24;;;;/h2-3,6,15,18H,1,4-5,7-9H2,(H,20,22)(H,23,24)(H,27,28);;;;/q;2*+1;2*-1/t15-,18-;;;;/m1..../s1. The van der Waals surface area contributed by atoms with E-state index in [4.69, 9.17) is 9.84 Å². The Kier molecular flexibility index (Phi) is 12.7. The largest absolute Gasteiger partial charge is 1.00 e. The van der Waals surface area contributed by atoms with Crippen LogP contribution in [0.15, 0.2) is 28.8 Å². The topological polar surface area (TPSA) is 150 Å². The number of hydrogen-bond donors (Lipinski definition) is 3. The maximum Gasteiger partial charge on any atom is 1.00 e. The third kappa shape index (κ3) is 7.82. The molecule has 0 bridgehead atoms. The third-order valence-electron chi connectivity index (χ3n) is 4.66. The van der Waals surface area contributed by atoms with Gasteiger partial charge < -0.3 is 23.1 Å². The SMILES string of the molecule is O=C(O)CCCC(=O)OCC1=C(C(=O)O)N2C(=O)[C@@H](NC(=O)Cc3cccs3)[C@H]2SC1.[H-].[H-].[Na+].[Na+]. The van der Waals surface area contributed by atoms with Gasteiger partial charge in [-0.05, 0) is 17.9 Å². The number of thioether (sulfide) groups is 1. The number of fused-ring (bicyclic) bond motifs is 1. The second-order valence-electron chi connectivity index (χ2n) is 6.88. The van der Waals surface area contributed by atoms with Gasteiger partial charge in [-0.2, -0.15) is 0 Å². The molecule has 10 nitrogen and oxygen atoms in total. The molecule has 2 atom stereocenters. The van der Waals surface area contributed by atoms with E-state index in [1.165, 1.54) is 23.1 Å². The third-order valence-corrected chi connectivity index (χ3v) is 6.88. The monoisotopic (exact) mass is 516 g/mol. The van der Waals surface area contributed by atoms with E-state index in [1.807, 2.05) is 17.5 Å². The van der Waals surface area contributed by atoms with Crippen molar-refractivity contribution in [1.82, 2.24) is 10.2 Å². The zero-order chi connectivity index (χ0) is 22.5. The van der Waals surface area contributed by atoms with Crippen LogP contribution in [0.5, 0.6) is 0 Å². The molecule has 2 aliphatic heterocycles. The smallest absolute Gasteiger partial charge is 1.00 e. The molecule has 3 rings (SSSR count). The number of carboxylic acids is 2. The molecule has 0 aliphatic carbocycles. The van der Waals surface area contributed by atoms with Crippen LogP contribution in [0, 0.1) is 0 Å². The Bertz CT molecular complexity index is 949. The van der Waals surface area contributed by atoms with Crippen molar-refractivity contribution >= 4 is 52.8 Å². The molecular weight excluding hydrogens is 494 g/mol. The summed E-state index contributed by atoms with van der Waals surface area (Å²) in [6, 6.07) is 2.83. The van der Waals surface area contributed by atoms with Gasteiger partial charge >= 0.3 is 77.0 Å². The number of esters is 1. The van der Waals surface area contributed by atoms with Crippen LogP contribution in [0.25, 0.3) is 0 Å². The summed E-state index contributed by atoms with van der Waals surface area (Å²) in [6.07, 6.45) is -0.00680. The van der Waals surface area contributed by atoms with Gasteiger partial charge in [0.1, 0.15) is 23.7 Å². The van der Waals surface area contributed by atoms with Crippen LogP contribution in [0.3, 0.4) is 0 Å². The second-order valence-corrected chi connectivity index (χ2v) is 9.01. The molecule has 1 fully saturated rings. The van der Waals surface area contributed by atoms with Gasteiger partial charge in [0.15, 0.2) is 0 Å². The first-order valence-corrected chi connectivity index (χ1v) is 11.3. The molecule has 1 saturated heterocycles. The summed E-state index contributed by atoms with van der Waals surface area (Å²) >= 11 is 2.71. The molecule has 1 aromatic heterocycles. The van der Waals surface area contributed by atoms with Crippen LogP contribution >= 0.6 is 23.1 Å². The number of ether oxygens (including phenoxy) is 1. The molecule has 0 radical (unpaired) electrons. The van der Waals surface area contributed by atoms with Gasteiger partial charge in [-0.3, -0.25) is 24.1 Å². The van der Waals surface area contributed by atoms with Crippen LogP contribution in [0.4, 0.5) is 0 Å². The molecule has 2 aliphatic rings. The Balaban J connectivity index is 0. The molecule has 2 amide bonds. The summed E-state index contributed by atoms with van der Waals surface area (Å²) in [5.41, 5.74) is 0.0351. The van der Waals surface area contributed by atoms with E-state index in [0.717, 1.165) is 9.78 Å². The molecule has 1 aromatic rings. The quantitative estimate of drug-likeness (QED) is 0.158. The number of thiophene rings is 1. The number of carbonyl (C=O) groups is 5. The predicted molar refractivity (Wildman–Crippen MR) is 112 cm³/mol. The zero-order valence-electron chi connectivity index (χ0n) is 20.2. The maximum absolute atomic E-state index is 12.6. The van der Waals surface area contributed by atoms with Crippen LogP contribution in [0.2, 0.25) is 0 Å². The first-order chi connectivity index (χ1) is 14.8. The Morgan fingerprint density at radius 1 is 1.21 bits per heavy atom. The van der Waals surface area contributed by atoms with E-state index >= 15 is 0 Å². The number of aliphatic carboxylic acids is 2. The molecule has 0 spiro atoms. The van der Waals surface area contributed by atoms with E-state index in [1.54, 1.807) is 0 Å². The fourth-order valence-corrected chi connectivity index (χ4v) is 5.24. The summed E-state index contributed by atoms with van der Waals surface area (Å²) in [6.45, 7) is -0.299. The molecular formula is C19H22N2Na2O8S2. The van der Waals surface area contributed by atoms with Crippen molar-refractivity contribution in [2.75, 3.05) is 12.4 Å². The second kappa shape index (κ2) is 13.9. The Morgan fingerprint density at radius 2 is 1.94 bits per heavy atom. The van der Waals surface area contributed by atoms with Crippen molar-refractivity contribution in [2.24, 2.45) is 0 Å². The summed E-state index contributed by atoms with van der Waals surface area (Å²) in [7, 11) is 0. The van der Waals surface area contributed by atoms with Crippen molar-refractivity contribution < 1.29 is 101 Å². The van der Waals surface area contributed by atoms with Gasteiger partial charge in [-0.15, -0.1) is 23.1 Å². The summed E-state index contributed by atoms with van der Waals surface area (Å²) in [5.74, 6) is -3.61. The average Bonchev–Trinajstić information content (AvgIpc) is 3.22. The van der Waals surface area contributed by atoms with Crippen molar-refractivity contribution in [2.45, 2.75) is 37.1 Å². The van der Waals surface area contributed by atoms with Crippen molar-refractivity contribution in [1.29, 1.82) is 0 Å². The summed E-state index contributed by atoms with van der Waals surface area (Å²) < 4.78 is 5.06. The van der Waals surface area contributed by atoms with E-state index < -0.39 is 35.2 Å². The molecule has 0 unspecified atom stereocenters. The van der Waals surface area contributed by atoms with Crippen molar-refractivity contribution in [3.8, 4) is 0 Å². The Morgan fingerprint density at radius 3 is 2.55 bits per heavy atom. The van der Waals surface area contributed by atoms with E-state index in [0.29, 0.717) is 0 Å². The number of rotatable bonds is 10. The summed E-state index contributed by atoms with van der Waals surface area (Å²) in [5, 5.41) is 22.2. The Labute approximate surface area is 245 Å². The first-order valence-electron chi connectivity index (χ1n) is 9.37. The molecule has 3 N–H and O–H groups in total. The molecule has 0 saturated carbocycles. The van der Waals surface area contributed by atoms with Crippen LogP contribution < -0.4 is 64.4 Å².